The van der Waals surface area contributed by atoms with E-state index in [4.69, 9.17) is 4.74 Å². The summed E-state index contributed by atoms with van der Waals surface area (Å²) in [6, 6.07) is 8.13. The van der Waals surface area contributed by atoms with Gasteiger partial charge in [0.2, 0.25) is 0 Å². The van der Waals surface area contributed by atoms with E-state index in [1.165, 1.54) is 39.3 Å². The number of carbonyl (C=O) groups is 1. The summed E-state index contributed by atoms with van der Waals surface area (Å²) < 4.78 is 4.71. The van der Waals surface area contributed by atoms with E-state index in [9.17, 15) is 4.79 Å². The number of halogens is 1. The molecule has 0 aliphatic carbocycles. The summed E-state index contributed by atoms with van der Waals surface area (Å²) in [6.45, 7) is 6.08. The van der Waals surface area contributed by atoms with Crippen LogP contribution in [0, 0.1) is 0 Å². The van der Waals surface area contributed by atoms with Gasteiger partial charge in [0.05, 0.1) is 12.7 Å². The molecular weight excluding hydrogens is 455 g/mol. The second kappa shape index (κ2) is 12.9. The van der Waals surface area contributed by atoms with Gasteiger partial charge in [0.25, 0.3) is 0 Å². The van der Waals surface area contributed by atoms with Crippen molar-refractivity contribution >= 4 is 35.9 Å². The minimum atomic E-state index is -0.315. The fraction of sp³-hybridized carbons (Fsp3) is 0.600. The molecule has 1 aliphatic rings. The highest BCUT2D eigenvalue weighted by molar-refractivity contribution is 14.0. The number of rotatable bonds is 7. The highest BCUT2D eigenvalue weighted by Crippen LogP contribution is 2.18. The molecule has 27 heavy (non-hydrogen) atoms. The Labute approximate surface area is 180 Å². The number of ether oxygens (including phenoxy) is 1. The van der Waals surface area contributed by atoms with Gasteiger partial charge in [0.1, 0.15) is 0 Å². The Morgan fingerprint density at radius 3 is 2.63 bits per heavy atom. The smallest absolute Gasteiger partial charge is 0.337 e. The predicted octanol–water partition coefficient (Wildman–Crippen LogP) is 3.02. The molecule has 2 rings (SSSR count). The molecule has 1 aromatic carbocycles. The summed E-state index contributed by atoms with van der Waals surface area (Å²) in [5, 5.41) is 6.71. The molecule has 1 atom stereocenters. The number of nitrogens with zero attached hydrogens (tertiary/aromatic N) is 2. The lowest BCUT2D eigenvalue weighted by Crippen LogP contribution is -2.45. The number of benzene rings is 1. The molecule has 0 bridgehead atoms. The molecule has 1 aliphatic heterocycles. The SMILES string of the molecule is CCC1CCCCN1CCNC(=NC)NCc1ccc(C(=O)OC)cc1.I. The summed E-state index contributed by atoms with van der Waals surface area (Å²) in [7, 11) is 3.17. The van der Waals surface area contributed by atoms with Crippen LogP contribution in [0.2, 0.25) is 0 Å². The molecule has 0 amide bonds. The number of nitrogens with one attached hydrogen (secondary N) is 2. The largest absolute Gasteiger partial charge is 0.465 e. The summed E-state index contributed by atoms with van der Waals surface area (Å²) >= 11 is 0. The van der Waals surface area contributed by atoms with Crippen LogP contribution in [-0.4, -0.2) is 56.7 Å². The Morgan fingerprint density at radius 1 is 1.26 bits per heavy atom. The Hall–Kier alpha value is -1.35. The van der Waals surface area contributed by atoms with Crippen LogP contribution in [0.5, 0.6) is 0 Å². The van der Waals surface area contributed by atoms with Gasteiger partial charge in [-0.05, 0) is 43.5 Å². The van der Waals surface area contributed by atoms with Crippen molar-refractivity contribution in [2.24, 2.45) is 4.99 Å². The summed E-state index contributed by atoms with van der Waals surface area (Å²) in [6.07, 6.45) is 5.23. The van der Waals surface area contributed by atoms with Crippen LogP contribution in [0.15, 0.2) is 29.3 Å². The molecular formula is C20H33IN4O2. The number of hydrogen-bond acceptors (Lipinski definition) is 4. The maximum atomic E-state index is 11.5. The van der Waals surface area contributed by atoms with Crippen LogP contribution < -0.4 is 10.6 Å². The highest BCUT2D eigenvalue weighted by Gasteiger charge is 2.19. The third-order valence-electron chi connectivity index (χ3n) is 4.97. The Bertz CT molecular complexity index is 592. The zero-order valence-corrected chi connectivity index (χ0v) is 19.0. The number of methoxy groups -OCH3 is 1. The highest BCUT2D eigenvalue weighted by atomic mass is 127. The van der Waals surface area contributed by atoms with Gasteiger partial charge in [-0.25, -0.2) is 4.79 Å². The first kappa shape index (κ1) is 23.7. The lowest BCUT2D eigenvalue weighted by atomic mass is 10.0. The monoisotopic (exact) mass is 488 g/mol. The summed E-state index contributed by atoms with van der Waals surface area (Å²) in [5.41, 5.74) is 1.65. The average Bonchev–Trinajstić information content (AvgIpc) is 2.70. The van der Waals surface area contributed by atoms with Crippen LogP contribution in [0.4, 0.5) is 0 Å². The molecule has 1 heterocycles. The van der Waals surface area contributed by atoms with Gasteiger partial charge in [-0.2, -0.15) is 0 Å². The number of hydrogen-bond donors (Lipinski definition) is 2. The fourth-order valence-electron chi connectivity index (χ4n) is 3.42. The molecule has 7 heteroatoms. The standard InChI is InChI=1S/C20H32N4O2.HI/c1-4-18-7-5-6-13-24(18)14-12-22-20(21-2)23-15-16-8-10-17(11-9-16)19(25)26-3;/h8-11,18H,4-7,12-15H2,1-3H3,(H2,21,22,23);1H. The van der Waals surface area contributed by atoms with Crippen LogP contribution in [-0.2, 0) is 11.3 Å². The van der Waals surface area contributed by atoms with Gasteiger partial charge < -0.3 is 15.4 Å². The van der Waals surface area contributed by atoms with Crippen molar-refractivity contribution in [3.8, 4) is 0 Å². The maximum absolute atomic E-state index is 11.5. The van der Waals surface area contributed by atoms with Crippen molar-refractivity contribution in [1.82, 2.24) is 15.5 Å². The molecule has 1 fully saturated rings. The van der Waals surface area contributed by atoms with Gasteiger partial charge in [-0.1, -0.05) is 25.5 Å². The minimum absolute atomic E-state index is 0. The molecule has 0 aromatic heterocycles. The zero-order valence-electron chi connectivity index (χ0n) is 16.7. The van der Waals surface area contributed by atoms with E-state index in [0.29, 0.717) is 12.1 Å². The molecule has 152 valence electrons. The quantitative estimate of drug-likeness (QED) is 0.268. The van der Waals surface area contributed by atoms with E-state index >= 15 is 0 Å². The van der Waals surface area contributed by atoms with Crippen molar-refractivity contribution in [3.63, 3.8) is 0 Å². The average molecular weight is 488 g/mol. The molecule has 1 saturated heterocycles. The van der Waals surface area contributed by atoms with Crippen LogP contribution in [0.25, 0.3) is 0 Å². The van der Waals surface area contributed by atoms with E-state index in [1.54, 1.807) is 19.2 Å². The van der Waals surface area contributed by atoms with Gasteiger partial charge in [-0.15, -0.1) is 24.0 Å². The zero-order chi connectivity index (χ0) is 18.8. The number of guanidine groups is 1. The normalized spacial score (nSPS) is 17.7. The third kappa shape index (κ3) is 7.65. The first-order chi connectivity index (χ1) is 12.7. The van der Waals surface area contributed by atoms with E-state index in [1.807, 2.05) is 12.1 Å². The molecule has 1 aromatic rings. The second-order valence-corrected chi connectivity index (χ2v) is 6.63. The van der Waals surface area contributed by atoms with Crippen molar-refractivity contribution in [1.29, 1.82) is 0 Å². The van der Waals surface area contributed by atoms with E-state index in [2.05, 4.69) is 27.4 Å². The lowest BCUT2D eigenvalue weighted by Gasteiger charge is -2.35. The van der Waals surface area contributed by atoms with Gasteiger partial charge in [-0.3, -0.25) is 9.89 Å². The second-order valence-electron chi connectivity index (χ2n) is 6.63. The first-order valence-electron chi connectivity index (χ1n) is 9.53. The number of carbonyl (C=O) groups excluding carboxylic acids is 1. The van der Waals surface area contributed by atoms with E-state index < -0.39 is 0 Å². The van der Waals surface area contributed by atoms with E-state index in [0.717, 1.165) is 30.7 Å². The van der Waals surface area contributed by atoms with Crippen LogP contribution in [0.3, 0.4) is 0 Å². The van der Waals surface area contributed by atoms with Crippen LogP contribution in [0.1, 0.15) is 48.5 Å². The van der Waals surface area contributed by atoms with Crippen molar-refractivity contribution in [3.05, 3.63) is 35.4 Å². The van der Waals surface area contributed by atoms with Gasteiger partial charge >= 0.3 is 5.97 Å². The Kier molecular flexibility index (Phi) is 11.3. The summed E-state index contributed by atoms with van der Waals surface area (Å²) in [4.78, 5) is 18.3. The topological polar surface area (TPSA) is 66.0 Å². The molecule has 0 radical (unpaired) electrons. The molecule has 0 saturated carbocycles. The Morgan fingerprint density at radius 2 is 2.00 bits per heavy atom. The Balaban J connectivity index is 0.00000364. The fourth-order valence-corrected chi connectivity index (χ4v) is 3.42. The van der Waals surface area contributed by atoms with Gasteiger partial charge in [0, 0.05) is 32.7 Å². The van der Waals surface area contributed by atoms with Crippen LogP contribution >= 0.6 is 24.0 Å². The molecule has 2 N–H and O–H groups in total. The number of likely N-dealkylation sites (tertiary alicyclic amines) is 1. The van der Waals surface area contributed by atoms with Crippen molar-refractivity contribution in [2.45, 2.75) is 45.2 Å². The first-order valence-corrected chi connectivity index (χ1v) is 9.53. The van der Waals surface area contributed by atoms with Crippen molar-refractivity contribution in [2.75, 3.05) is 33.8 Å². The van der Waals surface area contributed by atoms with Crippen molar-refractivity contribution < 1.29 is 9.53 Å². The lowest BCUT2D eigenvalue weighted by molar-refractivity contribution is 0.0600. The van der Waals surface area contributed by atoms with Gasteiger partial charge in [0.15, 0.2) is 5.96 Å². The predicted molar refractivity (Wildman–Crippen MR) is 121 cm³/mol. The molecule has 1 unspecified atom stereocenters. The number of aliphatic imine (C=N–C) groups is 1. The molecule has 6 nitrogen and oxygen atoms in total. The third-order valence-corrected chi connectivity index (χ3v) is 4.97. The number of piperidine rings is 1. The minimum Gasteiger partial charge on any atom is -0.465 e. The number of esters is 1. The van der Waals surface area contributed by atoms with E-state index in [-0.39, 0.29) is 29.9 Å². The molecule has 0 spiro atoms. The summed E-state index contributed by atoms with van der Waals surface area (Å²) in [5.74, 6) is 0.484. The maximum Gasteiger partial charge on any atom is 0.337 e.